The summed E-state index contributed by atoms with van der Waals surface area (Å²) in [6.07, 6.45) is 3.22. The fraction of sp³-hybridized carbons (Fsp3) is 0.455. The van der Waals surface area contributed by atoms with E-state index < -0.39 is 40.2 Å². The Morgan fingerprint density at radius 3 is 1.23 bits per heavy atom. The van der Waals surface area contributed by atoms with E-state index in [9.17, 15) is 17.6 Å². The Morgan fingerprint density at radius 2 is 0.943 bits per heavy atom. The molecular formula is C22H25F4NO6P2. The Balaban J connectivity index is 0.881. The Kier molecular flexibility index (Phi) is 5.96. The van der Waals surface area contributed by atoms with Crippen molar-refractivity contribution in [2.45, 2.75) is 50.0 Å². The Morgan fingerprint density at radius 1 is 0.600 bits per heavy atom. The molecular weight excluding hydrogens is 512 g/mol. The summed E-state index contributed by atoms with van der Waals surface area (Å²) in [4.78, 5) is 0. The van der Waals surface area contributed by atoms with E-state index in [0.717, 1.165) is 49.9 Å². The number of rotatable bonds is 12. The minimum absolute atomic E-state index is 0.155. The molecule has 8 rings (SSSR count). The van der Waals surface area contributed by atoms with E-state index in [4.69, 9.17) is 27.1 Å². The van der Waals surface area contributed by atoms with Gasteiger partial charge in [0.05, 0.1) is 0 Å². The monoisotopic (exact) mass is 537 g/mol. The van der Waals surface area contributed by atoms with Crippen molar-refractivity contribution in [2.75, 3.05) is 13.1 Å². The van der Waals surface area contributed by atoms with Crippen molar-refractivity contribution in [3.05, 3.63) is 70.8 Å². The van der Waals surface area contributed by atoms with Crippen LogP contribution in [0.25, 0.3) is 0 Å². The van der Waals surface area contributed by atoms with Crippen LogP contribution in [0.3, 0.4) is 0 Å². The predicted octanol–water partition coefficient (Wildman–Crippen LogP) is 5.65. The van der Waals surface area contributed by atoms with Gasteiger partial charge in [0, 0.05) is 0 Å². The van der Waals surface area contributed by atoms with Gasteiger partial charge in [0.2, 0.25) is 0 Å². The maximum atomic E-state index is 14.5. The van der Waals surface area contributed by atoms with Crippen molar-refractivity contribution in [1.29, 1.82) is 0 Å². The van der Waals surface area contributed by atoms with Crippen LogP contribution in [-0.4, -0.2) is 26.0 Å². The van der Waals surface area contributed by atoms with Gasteiger partial charge in [-0.05, 0) is 0 Å². The van der Waals surface area contributed by atoms with Gasteiger partial charge >= 0.3 is 200 Å². The van der Waals surface area contributed by atoms with E-state index in [-0.39, 0.29) is 11.1 Å². The summed E-state index contributed by atoms with van der Waals surface area (Å²) < 4.78 is 87.5. The van der Waals surface area contributed by atoms with Gasteiger partial charge in [0.15, 0.2) is 0 Å². The molecule has 1 N–H and O–H groups in total. The minimum atomic E-state index is -3.81. The zero-order valence-corrected chi connectivity index (χ0v) is 20.5. The van der Waals surface area contributed by atoms with Gasteiger partial charge in [0.25, 0.3) is 0 Å². The molecule has 2 aromatic rings. The molecule has 6 aliphatic rings. The van der Waals surface area contributed by atoms with E-state index >= 15 is 0 Å². The molecule has 13 heteroatoms. The Bertz CT molecular complexity index is 971. The number of halogens is 4. The van der Waals surface area contributed by atoms with Crippen molar-refractivity contribution in [3.8, 4) is 0 Å². The van der Waals surface area contributed by atoms with Crippen LogP contribution in [0.2, 0.25) is 0 Å². The first kappa shape index (κ1) is 24.1. The van der Waals surface area contributed by atoms with Crippen LogP contribution >= 0.6 is 15.9 Å². The number of alkyl halides is 4. The van der Waals surface area contributed by atoms with Crippen molar-refractivity contribution >= 4 is 15.9 Å². The first-order valence-corrected chi connectivity index (χ1v) is 14.9. The molecule has 2 aromatic carbocycles. The molecule has 0 spiro atoms. The predicted molar refractivity (Wildman–Crippen MR) is 121 cm³/mol. The molecule has 35 heavy (non-hydrogen) atoms. The first-order chi connectivity index (χ1) is 16.7. The van der Waals surface area contributed by atoms with Crippen LogP contribution in [0.15, 0.2) is 48.5 Å². The van der Waals surface area contributed by atoms with Crippen LogP contribution in [-0.2, 0) is 51.3 Å². The summed E-state index contributed by atoms with van der Waals surface area (Å²) in [5.41, 5.74) is -4.85. The molecule has 6 heterocycles. The Labute approximate surface area is 200 Å². The third-order valence-electron chi connectivity index (χ3n) is 6.55. The molecule has 6 fully saturated rings. The van der Waals surface area contributed by atoms with E-state index in [1.165, 1.54) is 24.3 Å². The molecule has 0 radical (unpaired) electrons. The molecule has 0 amide bonds. The molecule has 192 valence electrons. The summed E-state index contributed by atoms with van der Waals surface area (Å²) in [5.74, 6) is 0. The van der Waals surface area contributed by atoms with Crippen LogP contribution in [0.4, 0.5) is 17.6 Å². The van der Waals surface area contributed by atoms with Gasteiger partial charge in [-0.3, -0.25) is 0 Å². The number of hydrogen-bond donors (Lipinski definition) is 1. The zero-order valence-electron chi connectivity index (χ0n) is 18.5. The standard InChI is InChI=1S/C22H25F4NO6P2/c23-21(24,34-28-19(29-34)30-34)17-9-5-15(6-10-17)3-1-13-27-14-2-4-16-7-11-18(12-8-16)22(25,26)35-31-20(32-35)33-35/h5-12,19-20,27,34-35H,1-4,13-14H2. The number of hydrogen-bond acceptors (Lipinski definition) is 7. The van der Waals surface area contributed by atoms with Crippen molar-refractivity contribution in [1.82, 2.24) is 5.32 Å². The summed E-state index contributed by atoms with van der Waals surface area (Å²) in [5, 5.41) is 3.35. The second-order valence-corrected chi connectivity index (χ2v) is 13.8. The quantitative estimate of drug-likeness (QED) is 0.213. The summed E-state index contributed by atoms with van der Waals surface area (Å²) in [7, 11) is -7.63. The Hall–Kier alpha value is -1.26. The third kappa shape index (κ3) is 3.93. The summed E-state index contributed by atoms with van der Waals surface area (Å²) in [6, 6.07) is 12.4. The van der Waals surface area contributed by atoms with Crippen molar-refractivity contribution in [3.63, 3.8) is 0 Å². The third-order valence-corrected chi connectivity index (χ3v) is 11.7. The van der Waals surface area contributed by atoms with Crippen LogP contribution in [0.1, 0.15) is 35.1 Å². The molecule has 7 nitrogen and oxygen atoms in total. The fourth-order valence-electron chi connectivity index (χ4n) is 4.33. The van der Waals surface area contributed by atoms with Gasteiger partial charge in [-0.25, -0.2) is 0 Å². The number of benzene rings is 2. The number of aryl methyl sites for hydroxylation is 2. The fourth-order valence-corrected chi connectivity index (χ4v) is 7.89. The topological polar surface area (TPSA) is 67.4 Å². The van der Waals surface area contributed by atoms with Gasteiger partial charge in [-0.2, -0.15) is 0 Å². The molecule has 6 aliphatic heterocycles. The van der Waals surface area contributed by atoms with Gasteiger partial charge in [-0.15, -0.1) is 0 Å². The van der Waals surface area contributed by atoms with E-state index in [0.29, 0.717) is 0 Å². The van der Waals surface area contributed by atoms with E-state index in [1.54, 1.807) is 24.3 Å². The first-order valence-electron chi connectivity index (χ1n) is 11.5. The average molecular weight is 537 g/mol. The second-order valence-electron chi connectivity index (χ2n) is 8.90. The molecule has 0 aromatic heterocycles. The summed E-state index contributed by atoms with van der Waals surface area (Å²) in [6.45, 7) is -0.238. The molecule has 0 atom stereocenters. The SMILES string of the molecule is FC(F)(c1ccc(CCCNCCCc2ccc(C(F)(F)[PH]34OC(O3)O4)cc2)cc1)[PH]12OC(O1)O2. The maximum absolute atomic E-state index is 14.5. The van der Waals surface area contributed by atoms with E-state index in [2.05, 4.69) is 5.32 Å². The average Bonchev–Trinajstić information content (AvgIpc) is 2.68. The second kappa shape index (κ2) is 8.65. The van der Waals surface area contributed by atoms with Gasteiger partial charge < -0.3 is 0 Å². The van der Waals surface area contributed by atoms with Crippen LogP contribution in [0.5, 0.6) is 0 Å². The molecule has 0 saturated carbocycles. The van der Waals surface area contributed by atoms with Crippen molar-refractivity contribution in [2.24, 2.45) is 0 Å². The molecule has 0 unspecified atom stereocenters. The molecule has 0 aliphatic carbocycles. The molecule has 6 saturated heterocycles. The summed E-state index contributed by atoms with van der Waals surface area (Å²) >= 11 is 0. The molecule has 4 bridgehead atoms. The van der Waals surface area contributed by atoms with Crippen molar-refractivity contribution < 1.29 is 44.7 Å². The van der Waals surface area contributed by atoms with Crippen LogP contribution in [0, 0.1) is 0 Å². The number of nitrogens with one attached hydrogen (secondary N) is 1. The van der Waals surface area contributed by atoms with Gasteiger partial charge in [0.1, 0.15) is 0 Å². The van der Waals surface area contributed by atoms with Crippen LogP contribution < -0.4 is 5.32 Å². The normalized spacial score (nSPS) is 27.0. The van der Waals surface area contributed by atoms with Gasteiger partial charge in [-0.1, -0.05) is 0 Å². The zero-order chi connectivity index (χ0) is 24.3. The van der Waals surface area contributed by atoms with E-state index in [1.807, 2.05) is 0 Å².